The zero-order valence-electron chi connectivity index (χ0n) is 6.92. The van der Waals surface area contributed by atoms with Crippen molar-refractivity contribution in [2.24, 2.45) is 5.92 Å². The molecule has 0 spiro atoms. The van der Waals surface area contributed by atoms with Crippen LogP contribution in [0.2, 0.25) is 0 Å². The third kappa shape index (κ3) is 2.22. The predicted octanol–water partition coefficient (Wildman–Crippen LogP) is 1.57. The van der Waals surface area contributed by atoms with E-state index >= 15 is 0 Å². The van der Waals surface area contributed by atoms with E-state index in [-0.39, 0.29) is 5.43 Å². The average molecular weight is 151 g/mol. The van der Waals surface area contributed by atoms with E-state index in [0.717, 1.165) is 12.0 Å². The summed E-state index contributed by atoms with van der Waals surface area (Å²) in [5, 5.41) is 0. The summed E-state index contributed by atoms with van der Waals surface area (Å²) in [6.07, 6.45) is 4.30. The van der Waals surface area contributed by atoms with E-state index in [9.17, 15) is 4.79 Å². The molecule has 0 aliphatic heterocycles. The Kier molecular flexibility index (Phi) is 2.47. The first-order valence-electron chi connectivity index (χ1n) is 3.86. The first-order chi connectivity index (χ1) is 5.20. The Morgan fingerprint density at radius 2 is 2.27 bits per heavy atom. The maximum absolute atomic E-state index is 11.1. The molecule has 0 fully saturated rings. The molecule has 0 unspecified atom stereocenters. The van der Waals surface area contributed by atoms with Crippen LogP contribution in [0.1, 0.15) is 19.4 Å². The third-order valence-corrected chi connectivity index (χ3v) is 1.53. The lowest BCUT2D eigenvalue weighted by Crippen LogP contribution is -2.09. The molecular weight excluding hydrogens is 138 g/mol. The van der Waals surface area contributed by atoms with Crippen molar-refractivity contribution in [3.8, 4) is 0 Å². The van der Waals surface area contributed by atoms with Gasteiger partial charge in [-0.3, -0.25) is 4.79 Å². The van der Waals surface area contributed by atoms with Gasteiger partial charge in [0.1, 0.15) is 0 Å². The highest BCUT2D eigenvalue weighted by molar-refractivity contribution is 5.09. The van der Waals surface area contributed by atoms with Crippen molar-refractivity contribution in [3.63, 3.8) is 0 Å². The Morgan fingerprint density at radius 1 is 1.55 bits per heavy atom. The van der Waals surface area contributed by atoms with Gasteiger partial charge in [0, 0.05) is 24.0 Å². The molecule has 0 bridgehead atoms. The molecule has 2 nitrogen and oxygen atoms in total. The Morgan fingerprint density at radius 3 is 2.82 bits per heavy atom. The van der Waals surface area contributed by atoms with E-state index in [1.54, 1.807) is 18.5 Å². The second-order valence-electron chi connectivity index (χ2n) is 3.13. The smallest absolute Gasteiger partial charge is 0.184 e. The van der Waals surface area contributed by atoms with Crippen molar-refractivity contribution in [2.75, 3.05) is 0 Å². The lowest BCUT2D eigenvalue weighted by atomic mass is 10.0. The quantitative estimate of drug-likeness (QED) is 0.683. The zero-order valence-corrected chi connectivity index (χ0v) is 6.92. The van der Waals surface area contributed by atoms with Gasteiger partial charge in [0.25, 0.3) is 0 Å². The normalized spacial score (nSPS) is 10.5. The summed E-state index contributed by atoms with van der Waals surface area (Å²) in [5.41, 5.74) is 1.01. The largest absolute Gasteiger partial charge is 0.367 e. The fourth-order valence-electron chi connectivity index (χ4n) is 1.05. The monoisotopic (exact) mass is 151 g/mol. The number of rotatable bonds is 2. The highest BCUT2D eigenvalue weighted by Gasteiger charge is 1.99. The Balaban J connectivity index is 2.87. The summed E-state index contributed by atoms with van der Waals surface area (Å²) < 4.78 is 0. The molecule has 0 radical (unpaired) electrons. The second-order valence-corrected chi connectivity index (χ2v) is 3.13. The molecule has 0 aliphatic carbocycles. The number of nitrogens with one attached hydrogen (secondary N) is 1. The number of aromatic nitrogens is 1. The molecule has 0 aliphatic rings. The van der Waals surface area contributed by atoms with Crippen molar-refractivity contribution in [1.29, 1.82) is 0 Å². The molecule has 0 amide bonds. The molecule has 11 heavy (non-hydrogen) atoms. The highest BCUT2D eigenvalue weighted by atomic mass is 16.1. The SMILES string of the molecule is CC(C)Cc1c[nH]ccc1=O. The van der Waals surface area contributed by atoms with Crippen LogP contribution in [0.4, 0.5) is 0 Å². The number of hydrogen-bond donors (Lipinski definition) is 1. The molecule has 0 aromatic carbocycles. The summed E-state index contributed by atoms with van der Waals surface area (Å²) in [4.78, 5) is 14.0. The Hall–Kier alpha value is -1.05. The summed E-state index contributed by atoms with van der Waals surface area (Å²) in [7, 11) is 0. The highest BCUT2D eigenvalue weighted by Crippen LogP contribution is 2.00. The van der Waals surface area contributed by atoms with Crippen molar-refractivity contribution in [1.82, 2.24) is 4.98 Å². The predicted molar refractivity (Wildman–Crippen MR) is 45.6 cm³/mol. The van der Waals surface area contributed by atoms with Gasteiger partial charge in [-0.25, -0.2) is 0 Å². The number of aromatic amines is 1. The lowest BCUT2D eigenvalue weighted by Gasteiger charge is -2.01. The van der Waals surface area contributed by atoms with E-state index in [4.69, 9.17) is 0 Å². The van der Waals surface area contributed by atoms with Crippen molar-refractivity contribution < 1.29 is 0 Å². The van der Waals surface area contributed by atoms with Crippen LogP contribution in [0.5, 0.6) is 0 Å². The summed E-state index contributed by atoms with van der Waals surface area (Å²) in [6, 6.07) is 1.57. The molecule has 0 saturated heterocycles. The van der Waals surface area contributed by atoms with Crippen LogP contribution in [-0.2, 0) is 6.42 Å². The average Bonchev–Trinajstić information content (AvgIpc) is 1.93. The van der Waals surface area contributed by atoms with Gasteiger partial charge in [0.05, 0.1) is 0 Å². The van der Waals surface area contributed by atoms with Crippen molar-refractivity contribution >= 4 is 0 Å². The van der Waals surface area contributed by atoms with Gasteiger partial charge in [-0.2, -0.15) is 0 Å². The van der Waals surface area contributed by atoms with Gasteiger partial charge in [-0.05, 0) is 12.3 Å². The van der Waals surface area contributed by atoms with Gasteiger partial charge in [0.2, 0.25) is 0 Å². The first-order valence-corrected chi connectivity index (χ1v) is 3.86. The van der Waals surface area contributed by atoms with Crippen LogP contribution in [0, 0.1) is 5.92 Å². The van der Waals surface area contributed by atoms with Crippen LogP contribution in [-0.4, -0.2) is 4.98 Å². The lowest BCUT2D eigenvalue weighted by molar-refractivity contribution is 0.643. The molecule has 1 heterocycles. The zero-order chi connectivity index (χ0) is 8.27. The molecular formula is C9H13NO. The van der Waals surface area contributed by atoms with Crippen LogP contribution >= 0.6 is 0 Å². The molecule has 1 aromatic rings. The first kappa shape index (κ1) is 8.05. The minimum absolute atomic E-state index is 0.137. The fraction of sp³-hybridized carbons (Fsp3) is 0.444. The van der Waals surface area contributed by atoms with Gasteiger partial charge >= 0.3 is 0 Å². The van der Waals surface area contributed by atoms with Crippen molar-refractivity contribution in [3.05, 3.63) is 34.2 Å². The maximum atomic E-state index is 11.1. The number of hydrogen-bond acceptors (Lipinski definition) is 1. The molecule has 0 saturated carbocycles. The minimum atomic E-state index is 0.137. The molecule has 0 atom stereocenters. The van der Waals surface area contributed by atoms with Gasteiger partial charge in [0.15, 0.2) is 5.43 Å². The van der Waals surface area contributed by atoms with Gasteiger partial charge < -0.3 is 4.98 Å². The van der Waals surface area contributed by atoms with Gasteiger partial charge in [-0.15, -0.1) is 0 Å². The Bertz CT molecular complexity index is 275. The molecule has 1 N–H and O–H groups in total. The second kappa shape index (κ2) is 3.37. The van der Waals surface area contributed by atoms with Crippen LogP contribution < -0.4 is 5.43 Å². The molecule has 2 heteroatoms. The van der Waals surface area contributed by atoms with E-state index in [1.807, 2.05) is 0 Å². The van der Waals surface area contributed by atoms with Gasteiger partial charge in [-0.1, -0.05) is 13.8 Å². The van der Waals surface area contributed by atoms with E-state index in [1.165, 1.54) is 0 Å². The minimum Gasteiger partial charge on any atom is -0.367 e. The number of H-pyrrole nitrogens is 1. The molecule has 60 valence electrons. The van der Waals surface area contributed by atoms with Crippen LogP contribution in [0.25, 0.3) is 0 Å². The van der Waals surface area contributed by atoms with Crippen molar-refractivity contribution in [2.45, 2.75) is 20.3 Å². The standard InChI is InChI=1S/C9H13NO/c1-7(2)5-8-6-10-4-3-9(8)11/h3-4,6-7H,5H2,1-2H3,(H,10,11). The third-order valence-electron chi connectivity index (χ3n) is 1.53. The topological polar surface area (TPSA) is 32.9 Å². The van der Waals surface area contributed by atoms with E-state index in [0.29, 0.717) is 5.92 Å². The Labute approximate surface area is 66.3 Å². The molecule has 1 aromatic heterocycles. The molecule has 1 rings (SSSR count). The maximum Gasteiger partial charge on any atom is 0.184 e. The number of pyridine rings is 1. The summed E-state index contributed by atoms with van der Waals surface area (Å²) in [6.45, 7) is 4.21. The fourth-order valence-corrected chi connectivity index (χ4v) is 1.05. The summed E-state index contributed by atoms with van der Waals surface area (Å²) >= 11 is 0. The summed E-state index contributed by atoms with van der Waals surface area (Å²) in [5.74, 6) is 0.540. The van der Waals surface area contributed by atoms with E-state index in [2.05, 4.69) is 18.8 Å². The van der Waals surface area contributed by atoms with Crippen LogP contribution in [0.15, 0.2) is 23.3 Å². The van der Waals surface area contributed by atoms with E-state index < -0.39 is 0 Å². The van der Waals surface area contributed by atoms with Crippen LogP contribution in [0.3, 0.4) is 0 Å².